The van der Waals surface area contributed by atoms with Gasteiger partial charge in [-0.25, -0.2) is 9.67 Å². The predicted molar refractivity (Wildman–Crippen MR) is 110 cm³/mol. The van der Waals surface area contributed by atoms with Crippen molar-refractivity contribution in [2.45, 2.75) is 6.92 Å². The monoisotopic (exact) mass is 397 g/mol. The third-order valence-corrected chi connectivity index (χ3v) is 5.53. The van der Waals surface area contributed by atoms with Gasteiger partial charge in [0.2, 0.25) is 0 Å². The summed E-state index contributed by atoms with van der Waals surface area (Å²) < 4.78 is 1.81. The largest absolute Gasteiger partial charge is 0.354 e. The van der Waals surface area contributed by atoms with Crippen LogP contribution >= 0.6 is 22.9 Å². The van der Waals surface area contributed by atoms with E-state index in [4.69, 9.17) is 11.6 Å². The third kappa shape index (κ3) is 3.27. The summed E-state index contributed by atoms with van der Waals surface area (Å²) in [5, 5.41) is 11.9. The van der Waals surface area contributed by atoms with Gasteiger partial charge in [0.05, 0.1) is 39.2 Å². The smallest absolute Gasteiger partial charge is 0.261 e. The van der Waals surface area contributed by atoms with Crippen molar-refractivity contribution in [2.24, 2.45) is 0 Å². The number of aromatic nitrogens is 3. The van der Waals surface area contributed by atoms with E-state index >= 15 is 0 Å². The van der Waals surface area contributed by atoms with Crippen molar-refractivity contribution in [3.63, 3.8) is 0 Å². The second-order valence-electron chi connectivity index (χ2n) is 5.92. The molecule has 0 fully saturated rings. The number of pyridine rings is 1. The van der Waals surface area contributed by atoms with Gasteiger partial charge in [0, 0.05) is 17.3 Å². The van der Waals surface area contributed by atoms with Gasteiger partial charge in [-0.1, -0.05) is 23.7 Å². The Bertz CT molecular complexity index is 1150. The summed E-state index contributed by atoms with van der Waals surface area (Å²) in [6.45, 7) is 1.97. The fourth-order valence-corrected chi connectivity index (χ4v) is 3.93. The Hall–Kier alpha value is -2.90. The zero-order valence-corrected chi connectivity index (χ0v) is 16.2. The van der Waals surface area contributed by atoms with Gasteiger partial charge in [0.15, 0.2) is 0 Å². The van der Waals surface area contributed by atoms with E-state index in [1.165, 1.54) is 11.3 Å². The van der Waals surface area contributed by atoms with Gasteiger partial charge in [-0.3, -0.25) is 4.79 Å². The first kappa shape index (κ1) is 17.5. The molecular formula is C19H16ClN5OS. The second-order valence-corrected chi connectivity index (χ2v) is 7.58. The van der Waals surface area contributed by atoms with Crippen molar-refractivity contribution >= 4 is 51.3 Å². The molecule has 27 heavy (non-hydrogen) atoms. The number of hydrogen-bond donors (Lipinski definition) is 2. The number of carbonyl (C=O) groups is 1. The first-order chi connectivity index (χ1) is 13.1. The molecule has 4 rings (SSSR count). The van der Waals surface area contributed by atoms with Gasteiger partial charge in [0.1, 0.15) is 5.82 Å². The highest BCUT2D eigenvalue weighted by Crippen LogP contribution is 2.29. The lowest BCUT2D eigenvalue weighted by Gasteiger charge is -2.08. The number of fused-ring (bicyclic) bond motifs is 1. The van der Waals surface area contributed by atoms with Crippen molar-refractivity contribution in [3.8, 4) is 5.69 Å². The van der Waals surface area contributed by atoms with E-state index in [1.54, 1.807) is 24.1 Å². The van der Waals surface area contributed by atoms with Crippen LogP contribution in [0.4, 0.5) is 11.5 Å². The molecule has 0 saturated heterocycles. The van der Waals surface area contributed by atoms with Crippen molar-refractivity contribution in [1.29, 1.82) is 0 Å². The van der Waals surface area contributed by atoms with E-state index in [2.05, 4.69) is 20.7 Å². The molecule has 136 valence electrons. The van der Waals surface area contributed by atoms with Crippen LogP contribution in [0, 0.1) is 6.92 Å². The number of nitrogens with zero attached hydrogens (tertiary/aromatic N) is 3. The van der Waals surface area contributed by atoms with Gasteiger partial charge in [-0.15, -0.1) is 11.3 Å². The Kier molecular flexibility index (Phi) is 4.55. The number of para-hydroxylation sites is 1. The van der Waals surface area contributed by atoms with Crippen LogP contribution in [0.5, 0.6) is 0 Å². The Morgan fingerprint density at radius 3 is 2.81 bits per heavy atom. The van der Waals surface area contributed by atoms with Crippen LogP contribution in [-0.2, 0) is 0 Å². The molecule has 0 radical (unpaired) electrons. The Labute approximate surface area is 164 Å². The Balaban J connectivity index is 1.70. The third-order valence-electron chi connectivity index (χ3n) is 4.16. The van der Waals surface area contributed by atoms with Crippen LogP contribution in [0.3, 0.4) is 0 Å². The maximum absolute atomic E-state index is 11.9. The number of benzene rings is 1. The van der Waals surface area contributed by atoms with Gasteiger partial charge >= 0.3 is 0 Å². The van der Waals surface area contributed by atoms with E-state index in [9.17, 15) is 4.79 Å². The quantitative estimate of drug-likeness (QED) is 0.530. The molecule has 0 aliphatic rings. The first-order valence-corrected chi connectivity index (χ1v) is 9.44. The maximum atomic E-state index is 11.9. The number of aryl methyl sites for hydroxylation is 1. The minimum Gasteiger partial charge on any atom is -0.354 e. The molecule has 0 aliphatic carbocycles. The number of carbonyl (C=O) groups excluding carboxylic acids is 1. The average molecular weight is 398 g/mol. The van der Waals surface area contributed by atoms with E-state index in [1.807, 2.05) is 43.3 Å². The molecule has 0 unspecified atom stereocenters. The van der Waals surface area contributed by atoms with Gasteiger partial charge in [-0.2, -0.15) is 5.10 Å². The van der Waals surface area contributed by atoms with Crippen LogP contribution < -0.4 is 10.6 Å². The maximum Gasteiger partial charge on any atom is 0.261 e. The number of thiophene rings is 1. The molecule has 0 aliphatic heterocycles. The lowest BCUT2D eigenvalue weighted by atomic mass is 10.3. The SMILES string of the molecule is CNC(=O)c1cc(-n2ncc3cc(Nc4ccccc4Cl)ncc32)c(C)s1. The van der Waals surface area contributed by atoms with Crippen molar-refractivity contribution < 1.29 is 4.79 Å². The molecular weight excluding hydrogens is 382 g/mol. The summed E-state index contributed by atoms with van der Waals surface area (Å²) in [4.78, 5) is 18.0. The molecule has 2 N–H and O–H groups in total. The number of nitrogens with one attached hydrogen (secondary N) is 2. The number of rotatable bonds is 4. The predicted octanol–water partition coefficient (Wildman–Crippen LogP) is 4.55. The number of amides is 1. The van der Waals surface area contributed by atoms with Crippen LogP contribution in [0.15, 0.2) is 48.8 Å². The summed E-state index contributed by atoms with van der Waals surface area (Å²) in [5.74, 6) is 0.582. The molecule has 6 nitrogen and oxygen atoms in total. The minimum absolute atomic E-state index is 0.102. The van der Waals surface area contributed by atoms with Gasteiger partial charge in [0.25, 0.3) is 5.91 Å². The molecule has 4 aromatic rings. The average Bonchev–Trinajstić information content (AvgIpc) is 3.25. The fraction of sp³-hybridized carbons (Fsp3) is 0.105. The number of anilines is 2. The topological polar surface area (TPSA) is 71.8 Å². The Morgan fingerprint density at radius 1 is 1.22 bits per heavy atom. The lowest BCUT2D eigenvalue weighted by Crippen LogP contribution is -2.16. The van der Waals surface area contributed by atoms with E-state index in [0.29, 0.717) is 15.7 Å². The molecule has 0 saturated carbocycles. The molecule has 0 atom stereocenters. The van der Waals surface area contributed by atoms with E-state index < -0.39 is 0 Å². The summed E-state index contributed by atoms with van der Waals surface area (Å²) in [7, 11) is 1.62. The molecule has 1 amide bonds. The fourth-order valence-electron chi connectivity index (χ4n) is 2.80. The molecule has 3 aromatic heterocycles. The second kappa shape index (κ2) is 7.02. The molecule has 3 heterocycles. The highest BCUT2D eigenvalue weighted by Gasteiger charge is 2.15. The van der Waals surface area contributed by atoms with Crippen molar-refractivity contribution in [1.82, 2.24) is 20.1 Å². The zero-order chi connectivity index (χ0) is 19.0. The Morgan fingerprint density at radius 2 is 2.04 bits per heavy atom. The van der Waals surface area contributed by atoms with E-state index in [0.717, 1.165) is 27.2 Å². The number of hydrogen-bond acceptors (Lipinski definition) is 5. The molecule has 1 aromatic carbocycles. The van der Waals surface area contributed by atoms with Gasteiger partial charge < -0.3 is 10.6 Å². The number of halogens is 1. The van der Waals surface area contributed by atoms with Gasteiger partial charge in [-0.05, 0) is 31.2 Å². The van der Waals surface area contributed by atoms with Crippen molar-refractivity contribution in [2.75, 3.05) is 12.4 Å². The summed E-state index contributed by atoms with van der Waals surface area (Å²) in [6, 6.07) is 11.3. The summed E-state index contributed by atoms with van der Waals surface area (Å²) >= 11 is 7.64. The zero-order valence-electron chi connectivity index (χ0n) is 14.7. The highest BCUT2D eigenvalue weighted by atomic mass is 35.5. The van der Waals surface area contributed by atoms with Crippen molar-refractivity contribution in [3.05, 3.63) is 63.6 Å². The van der Waals surface area contributed by atoms with Crippen LogP contribution in [0.25, 0.3) is 16.6 Å². The highest BCUT2D eigenvalue weighted by molar-refractivity contribution is 7.14. The summed E-state index contributed by atoms with van der Waals surface area (Å²) in [5.41, 5.74) is 2.54. The first-order valence-electron chi connectivity index (χ1n) is 8.25. The van der Waals surface area contributed by atoms with Crippen LogP contribution in [0.1, 0.15) is 14.5 Å². The van der Waals surface area contributed by atoms with E-state index in [-0.39, 0.29) is 5.91 Å². The summed E-state index contributed by atoms with van der Waals surface area (Å²) in [6.07, 6.45) is 3.55. The molecule has 8 heteroatoms. The van der Waals surface area contributed by atoms with Crippen LogP contribution in [0.2, 0.25) is 5.02 Å². The van der Waals surface area contributed by atoms with Crippen LogP contribution in [-0.4, -0.2) is 27.7 Å². The standard InChI is InChI=1S/C19H16ClN5OS/c1-11-15(8-17(27-11)19(26)21-2)25-16-10-22-18(7-12(16)9-23-25)24-14-6-4-3-5-13(14)20/h3-10H,1-2H3,(H,21,26)(H,22,24). The minimum atomic E-state index is -0.102. The molecule has 0 bridgehead atoms. The molecule has 0 spiro atoms. The normalized spacial score (nSPS) is 10.9. The lowest BCUT2D eigenvalue weighted by molar-refractivity contribution is 0.0967.